The summed E-state index contributed by atoms with van der Waals surface area (Å²) >= 11 is 0. The monoisotopic (exact) mass is 238 g/mol. The van der Waals surface area contributed by atoms with E-state index in [9.17, 15) is 4.79 Å². The zero-order chi connectivity index (χ0) is 13.0. The van der Waals surface area contributed by atoms with Crippen LogP contribution in [0.3, 0.4) is 0 Å². The lowest BCUT2D eigenvalue weighted by Crippen LogP contribution is -2.43. The summed E-state index contributed by atoms with van der Waals surface area (Å²) in [6, 6.07) is 0.00686. The molecule has 0 aliphatic rings. The van der Waals surface area contributed by atoms with Crippen LogP contribution < -0.4 is 11.1 Å². The van der Waals surface area contributed by atoms with E-state index in [4.69, 9.17) is 5.73 Å². The molecule has 0 saturated heterocycles. The predicted molar refractivity (Wildman–Crippen MR) is 67.7 cm³/mol. The van der Waals surface area contributed by atoms with Crippen LogP contribution in [0.1, 0.15) is 36.8 Å². The van der Waals surface area contributed by atoms with E-state index in [0.717, 1.165) is 12.1 Å². The maximum absolute atomic E-state index is 12.1. The van der Waals surface area contributed by atoms with Crippen LogP contribution in [0.4, 0.5) is 0 Å². The second-order valence-electron chi connectivity index (χ2n) is 4.58. The molecule has 96 valence electrons. The number of hydrogen-bond donors (Lipinski definition) is 2. The van der Waals surface area contributed by atoms with Gasteiger partial charge >= 0.3 is 0 Å². The van der Waals surface area contributed by atoms with Crippen molar-refractivity contribution in [2.45, 2.75) is 33.2 Å². The zero-order valence-electron chi connectivity index (χ0n) is 11.0. The molecule has 1 heterocycles. The van der Waals surface area contributed by atoms with Gasteiger partial charge in [0.2, 0.25) is 0 Å². The Balaban J connectivity index is 2.81. The van der Waals surface area contributed by atoms with E-state index in [1.165, 1.54) is 0 Å². The third-order valence-corrected chi connectivity index (χ3v) is 2.86. The molecule has 0 aliphatic heterocycles. The highest BCUT2D eigenvalue weighted by atomic mass is 16.1. The van der Waals surface area contributed by atoms with Crippen molar-refractivity contribution in [3.05, 3.63) is 17.5 Å². The van der Waals surface area contributed by atoms with Crippen molar-refractivity contribution in [2.75, 3.05) is 6.54 Å². The lowest BCUT2D eigenvalue weighted by Gasteiger charge is -2.20. The first-order valence-corrected chi connectivity index (χ1v) is 6.03. The van der Waals surface area contributed by atoms with Crippen molar-refractivity contribution in [3.8, 4) is 0 Å². The average molecular weight is 238 g/mol. The summed E-state index contributed by atoms with van der Waals surface area (Å²) in [5.74, 6) is 0.241. The van der Waals surface area contributed by atoms with Crippen LogP contribution in [-0.2, 0) is 13.5 Å². The van der Waals surface area contributed by atoms with Crippen LogP contribution in [-0.4, -0.2) is 28.3 Å². The van der Waals surface area contributed by atoms with E-state index in [-0.39, 0.29) is 11.9 Å². The van der Waals surface area contributed by atoms with E-state index in [1.54, 1.807) is 10.9 Å². The number of aromatic nitrogens is 2. The highest BCUT2D eigenvalue weighted by Crippen LogP contribution is 2.08. The highest BCUT2D eigenvalue weighted by molar-refractivity contribution is 5.95. The number of nitrogens with two attached hydrogens (primary N) is 1. The Bertz CT molecular complexity index is 384. The van der Waals surface area contributed by atoms with Gasteiger partial charge in [0.25, 0.3) is 5.91 Å². The Morgan fingerprint density at radius 1 is 1.59 bits per heavy atom. The van der Waals surface area contributed by atoms with Crippen molar-refractivity contribution in [1.82, 2.24) is 15.1 Å². The zero-order valence-corrected chi connectivity index (χ0v) is 11.0. The number of carbonyl (C=O) groups excluding carboxylic acids is 1. The standard InChI is InChI=1S/C12H22N4O/c1-5-10-9(7-16(4)15-10)12(17)14-11(6-13)8(2)3/h7-8,11H,5-6,13H2,1-4H3,(H,14,17). The fourth-order valence-corrected chi connectivity index (χ4v) is 1.73. The molecule has 0 bridgehead atoms. The van der Waals surface area contributed by atoms with Crippen LogP contribution in [0.5, 0.6) is 0 Å². The Morgan fingerprint density at radius 3 is 2.71 bits per heavy atom. The van der Waals surface area contributed by atoms with Gasteiger partial charge in [-0.1, -0.05) is 20.8 Å². The summed E-state index contributed by atoms with van der Waals surface area (Å²) in [5, 5.41) is 7.21. The smallest absolute Gasteiger partial charge is 0.255 e. The third kappa shape index (κ3) is 3.30. The number of aryl methyl sites for hydroxylation is 2. The summed E-state index contributed by atoms with van der Waals surface area (Å²) in [7, 11) is 1.82. The van der Waals surface area contributed by atoms with Gasteiger partial charge in [-0.15, -0.1) is 0 Å². The molecule has 5 heteroatoms. The molecule has 5 nitrogen and oxygen atoms in total. The average Bonchev–Trinajstić information content (AvgIpc) is 2.66. The Labute approximate surface area is 102 Å². The van der Waals surface area contributed by atoms with Gasteiger partial charge in [-0.2, -0.15) is 5.10 Å². The largest absolute Gasteiger partial charge is 0.348 e. The van der Waals surface area contributed by atoms with Gasteiger partial charge < -0.3 is 11.1 Å². The summed E-state index contributed by atoms with van der Waals surface area (Å²) in [5.41, 5.74) is 7.11. The lowest BCUT2D eigenvalue weighted by atomic mass is 10.0. The molecule has 1 aromatic rings. The molecule has 0 fully saturated rings. The fourth-order valence-electron chi connectivity index (χ4n) is 1.73. The fraction of sp³-hybridized carbons (Fsp3) is 0.667. The van der Waals surface area contributed by atoms with Gasteiger partial charge in [-0.3, -0.25) is 9.48 Å². The van der Waals surface area contributed by atoms with Gasteiger partial charge in [0.1, 0.15) is 0 Å². The maximum atomic E-state index is 12.1. The van der Waals surface area contributed by atoms with Crippen molar-refractivity contribution in [2.24, 2.45) is 18.7 Å². The van der Waals surface area contributed by atoms with Crippen molar-refractivity contribution < 1.29 is 4.79 Å². The number of nitrogens with one attached hydrogen (secondary N) is 1. The van der Waals surface area contributed by atoms with Gasteiger partial charge in [-0.05, 0) is 12.3 Å². The second kappa shape index (κ2) is 5.82. The molecule has 1 atom stereocenters. The summed E-state index contributed by atoms with van der Waals surface area (Å²) in [6.45, 7) is 6.52. The summed E-state index contributed by atoms with van der Waals surface area (Å²) in [4.78, 5) is 12.1. The van der Waals surface area contributed by atoms with Crippen molar-refractivity contribution in [3.63, 3.8) is 0 Å². The normalized spacial score (nSPS) is 12.8. The minimum Gasteiger partial charge on any atom is -0.348 e. The molecule has 1 rings (SSSR count). The van der Waals surface area contributed by atoms with Gasteiger partial charge in [0.15, 0.2) is 0 Å². The van der Waals surface area contributed by atoms with Crippen molar-refractivity contribution >= 4 is 5.91 Å². The maximum Gasteiger partial charge on any atom is 0.255 e. The highest BCUT2D eigenvalue weighted by Gasteiger charge is 2.19. The first-order chi connectivity index (χ1) is 7.99. The minimum absolute atomic E-state index is 0.00686. The van der Waals surface area contributed by atoms with E-state index >= 15 is 0 Å². The molecule has 17 heavy (non-hydrogen) atoms. The molecule has 1 unspecified atom stereocenters. The number of hydrogen-bond acceptors (Lipinski definition) is 3. The Kier molecular flexibility index (Phi) is 4.69. The summed E-state index contributed by atoms with van der Waals surface area (Å²) < 4.78 is 1.67. The lowest BCUT2D eigenvalue weighted by molar-refractivity contribution is 0.0927. The molecule has 0 spiro atoms. The number of nitrogens with zero attached hydrogens (tertiary/aromatic N) is 2. The van der Waals surface area contributed by atoms with E-state index in [1.807, 2.05) is 27.8 Å². The molecule has 3 N–H and O–H groups in total. The molecule has 0 aromatic carbocycles. The van der Waals surface area contributed by atoms with Crippen LogP contribution in [0.15, 0.2) is 6.20 Å². The van der Waals surface area contributed by atoms with Crippen LogP contribution in [0.2, 0.25) is 0 Å². The van der Waals surface area contributed by atoms with E-state index in [2.05, 4.69) is 10.4 Å². The third-order valence-electron chi connectivity index (χ3n) is 2.86. The number of carbonyl (C=O) groups is 1. The molecule has 1 amide bonds. The van der Waals surface area contributed by atoms with Gasteiger partial charge in [0, 0.05) is 25.8 Å². The van der Waals surface area contributed by atoms with Crippen LogP contribution >= 0.6 is 0 Å². The molecular formula is C12H22N4O. The van der Waals surface area contributed by atoms with Crippen LogP contribution in [0.25, 0.3) is 0 Å². The van der Waals surface area contributed by atoms with Gasteiger partial charge in [-0.25, -0.2) is 0 Å². The molecule has 0 aliphatic carbocycles. The van der Waals surface area contributed by atoms with Gasteiger partial charge in [0.05, 0.1) is 11.3 Å². The molecule has 0 saturated carbocycles. The van der Waals surface area contributed by atoms with E-state index < -0.39 is 0 Å². The molecular weight excluding hydrogens is 216 g/mol. The molecule has 0 radical (unpaired) electrons. The summed E-state index contributed by atoms with van der Waals surface area (Å²) in [6.07, 6.45) is 2.50. The van der Waals surface area contributed by atoms with E-state index in [0.29, 0.717) is 18.0 Å². The quantitative estimate of drug-likeness (QED) is 0.793. The first-order valence-electron chi connectivity index (χ1n) is 6.03. The minimum atomic E-state index is -0.0842. The molecule has 1 aromatic heterocycles. The predicted octanol–water partition coefficient (Wildman–Crippen LogP) is 0.696. The number of rotatable bonds is 5. The SMILES string of the molecule is CCc1nn(C)cc1C(=O)NC(CN)C(C)C. The second-order valence-corrected chi connectivity index (χ2v) is 4.58. The van der Waals surface area contributed by atoms with Crippen LogP contribution in [0, 0.1) is 5.92 Å². The Hall–Kier alpha value is -1.36. The topological polar surface area (TPSA) is 72.9 Å². The number of amides is 1. The van der Waals surface area contributed by atoms with Crippen molar-refractivity contribution in [1.29, 1.82) is 0 Å². The first kappa shape index (κ1) is 13.7. The Morgan fingerprint density at radius 2 is 2.24 bits per heavy atom.